The summed E-state index contributed by atoms with van der Waals surface area (Å²) in [5, 5.41) is 0. The highest BCUT2D eigenvalue weighted by Crippen LogP contribution is 2.11. The van der Waals surface area contributed by atoms with Crippen LogP contribution in [0.15, 0.2) is 24.3 Å². The summed E-state index contributed by atoms with van der Waals surface area (Å²) < 4.78 is 17.0. The highest BCUT2D eigenvalue weighted by atomic mass is 19.1. The zero-order chi connectivity index (χ0) is 9.52. The van der Waals surface area contributed by atoms with E-state index in [1.54, 1.807) is 0 Å². The lowest BCUT2D eigenvalue weighted by Gasteiger charge is -2.04. The van der Waals surface area contributed by atoms with Gasteiger partial charge in [-0.05, 0) is 17.7 Å². The van der Waals surface area contributed by atoms with Crippen LogP contribution in [-0.4, -0.2) is 13.3 Å². The third kappa shape index (κ3) is 3.42. The number of benzene rings is 1. The van der Waals surface area contributed by atoms with E-state index in [1.807, 2.05) is 24.3 Å². The summed E-state index contributed by atoms with van der Waals surface area (Å²) in [7, 11) is 0. The molecule has 0 spiro atoms. The number of alkyl halides is 1. The van der Waals surface area contributed by atoms with Crippen LogP contribution in [0, 0.1) is 0 Å². The molecule has 0 aliphatic heterocycles. The normalized spacial score (nSPS) is 10.0. The minimum Gasteiger partial charge on any atom is -0.494 e. The molecule has 0 aliphatic carbocycles. The number of halogens is 1. The van der Waals surface area contributed by atoms with Crippen LogP contribution in [0.3, 0.4) is 0 Å². The largest absolute Gasteiger partial charge is 0.494 e. The van der Waals surface area contributed by atoms with Gasteiger partial charge in [-0.2, -0.15) is 0 Å². The summed E-state index contributed by atoms with van der Waals surface area (Å²) in [6.45, 7) is 0.629. The molecular weight excluding hydrogens is 169 g/mol. The van der Waals surface area contributed by atoms with Crippen LogP contribution >= 0.6 is 0 Å². The van der Waals surface area contributed by atoms with Crippen molar-refractivity contribution in [2.75, 3.05) is 13.3 Å². The van der Waals surface area contributed by atoms with Crippen molar-refractivity contribution in [1.29, 1.82) is 0 Å². The van der Waals surface area contributed by atoms with Crippen LogP contribution in [0.4, 0.5) is 4.39 Å². The Morgan fingerprint density at radius 3 is 2.46 bits per heavy atom. The van der Waals surface area contributed by atoms with Gasteiger partial charge in [-0.15, -0.1) is 0 Å². The molecule has 0 saturated carbocycles. The second kappa shape index (κ2) is 5.54. The second-order valence-corrected chi connectivity index (χ2v) is 2.74. The Balaban J connectivity index is 2.40. The van der Waals surface area contributed by atoms with Gasteiger partial charge in [-0.3, -0.25) is 4.39 Å². The van der Waals surface area contributed by atoms with E-state index in [4.69, 9.17) is 10.5 Å². The van der Waals surface area contributed by atoms with Gasteiger partial charge in [0.2, 0.25) is 0 Å². The Kier molecular flexibility index (Phi) is 4.26. The van der Waals surface area contributed by atoms with E-state index in [-0.39, 0.29) is 6.67 Å². The Hall–Kier alpha value is -1.09. The Morgan fingerprint density at radius 1 is 1.23 bits per heavy atom. The van der Waals surface area contributed by atoms with E-state index < -0.39 is 0 Å². The number of ether oxygens (including phenoxy) is 1. The molecule has 0 aliphatic rings. The molecule has 0 bridgehead atoms. The first-order valence-corrected chi connectivity index (χ1v) is 4.34. The highest BCUT2D eigenvalue weighted by molar-refractivity contribution is 5.26. The van der Waals surface area contributed by atoms with E-state index in [0.29, 0.717) is 19.6 Å². The van der Waals surface area contributed by atoms with Crippen LogP contribution in [0.25, 0.3) is 0 Å². The number of rotatable bonds is 5. The molecule has 0 radical (unpaired) electrons. The van der Waals surface area contributed by atoms with Gasteiger partial charge in [0.1, 0.15) is 5.75 Å². The highest BCUT2D eigenvalue weighted by Gasteiger charge is 1.93. The second-order valence-electron chi connectivity index (χ2n) is 2.74. The maximum absolute atomic E-state index is 11.7. The molecule has 0 unspecified atom stereocenters. The van der Waals surface area contributed by atoms with Gasteiger partial charge in [0.25, 0.3) is 0 Å². The Labute approximate surface area is 77.5 Å². The maximum atomic E-state index is 11.7. The fourth-order valence-corrected chi connectivity index (χ4v) is 0.966. The first kappa shape index (κ1) is 9.99. The van der Waals surface area contributed by atoms with Crippen molar-refractivity contribution < 1.29 is 9.13 Å². The van der Waals surface area contributed by atoms with Crippen molar-refractivity contribution >= 4 is 0 Å². The van der Waals surface area contributed by atoms with Gasteiger partial charge in [-0.25, -0.2) is 0 Å². The lowest BCUT2D eigenvalue weighted by atomic mass is 10.2. The van der Waals surface area contributed by atoms with Crippen molar-refractivity contribution in [3.63, 3.8) is 0 Å². The average molecular weight is 183 g/mol. The topological polar surface area (TPSA) is 35.2 Å². The molecule has 0 saturated heterocycles. The lowest BCUT2D eigenvalue weighted by molar-refractivity contribution is 0.289. The molecular formula is C10H14FNO. The maximum Gasteiger partial charge on any atom is 0.119 e. The summed E-state index contributed by atoms with van der Waals surface area (Å²) in [4.78, 5) is 0. The van der Waals surface area contributed by atoms with E-state index in [2.05, 4.69) is 0 Å². The SMILES string of the molecule is NCc1ccc(OCCCF)cc1. The number of nitrogens with two attached hydrogens (primary N) is 1. The van der Waals surface area contributed by atoms with Crippen molar-refractivity contribution in [1.82, 2.24) is 0 Å². The average Bonchev–Trinajstić information content (AvgIpc) is 2.19. The molecule has 2 N–H and O–H groups in total. The quantitative estimate of drug-likeness (QED) is 0.707. The molecule has 2 nitrogen and oxygen atoms in total. The van der Waals surface area contributed by atoms with Crippen LogP contribution in [-0.2, 0) is 6.54 Å². The van der Waals surface area contributed by atoms with E-state index in [1.165, 1.54) is 0 Å². The predicted molar refractivity (Wildman–Crippen MR) is 50.4 cm³/mol. The third-order valence-electron chi connectivity index (χ3n) is 1.71. The molecule has 1 rings (SSSR count). The fraction of sp³-hybridized carbons (Fsp3) is 0.400. The molecule has 0 atom stereocenters. The van der Waals surface area contributed by atoms with Crippen LogP contribution in [0.2, 0.25) is 0 Å². The van der Waals surface area contributed by atoms with Gasteiger partial charge < -0.3 is 10.5 Å². The number of hydrogen-bond donors (Lipinski definition) is 1. The first-order valence-electron chi connectivity index (χ1n) is 4.34. The van der Waals surface area contributed by atoms with Gasteiger partial charge in [0.05, 0.1) is 13.3 Å². The van der Waals surface area contributed by atoms with Crippen molar-refractivity contribution in [3.8, 4) is 5.75 Å². The minimum absolute atomic E-state index is 0.332. The smallest absolute Gasteiger partial charge is 0.119 e. The monoisotopic (exact) mass is 183 g/mol. The number of hydrogen-bond acceptors (Lipinski definition) is 2. The minimum atomic E-state index is -0.332. The summed E-state index contributed by atoms with van der Waals surface area (Å²) >= 11 is 0. The Morgan fingerprint density at radius 2 is 1.92 bits per heavy atom. The third-order valence-corrected chi connectivity index (χ3v) is 1.71. The van der Waals surface area contributed by atoms with E-state index >= 15 is 0 Å². The molecule has 0 fully saturated rings. The van der Waals surface area contributed by atoms with Gasteiger partial charge in [-0.1, -0.05) is 12.1 Å². The zero-order valence-corrected chi connectivity index (χ0v) is 7.50. The van der Waals surface area contributed by atoms with Crippen LogP contribution < -0.4 is 10.5 Å². The molecule has 13 heavy (non-hydrogen) atoms. The molecule has 0 aromatic heterocycles. The van der Waals surface area contributed by atoms with Crippen molar-refractivity contribution in [3.05, 3.63) is 29.8 Å². The standard InChI is InChI=1S/C10H14FNO/c11-6-1-7-13-10-4-2-9(8-12)3-5-10/h2-5H,1,6-8,12H2. The lowest BCUT2D eigenvalue weighted by Crippen LogP contribution is -1.99. The zero-order valence-electron chi connectivity index (χ0n) is 7.50. The van der Waals surface area contributed by atoms with Crippen molar-refractivity contribution in [2.24, 2.45) is 5.73 Å². The van der Waals surface area contributed by atoms with Gasteiger partial charge in [0, 0.05) is 13.0 Å². The summed E-state index contributed by atoms with van der Waals surface area (Å²) in [6.07, 6.45) is 0.443. The molecule has 72 valence electrons. The van der Waals surface area contributed by atoms with Crippen molar-refractivity contribution in [2.45, 2.75) is 13.0 Å². The fourth-order valence-electron chi connectivity index (χ4n) is 0.966. The molecule has 1 aromatic carbocycles. The van der Waals surface area contributed by atoms with Gasteiger partial charge in [0.15, 0.2) is 0 Å². The summed E-state index contributed by atoms with van der Waals surface area (Å²) in [5.74, 6) is 0.769. The van der Waals surface area contributed by atoms with E-state index in [0.717, 1.165) is 11.3 Å². The summed E-state index contributed by atoms with van der Waals surface area (Å²) in [5.41, 5.74) is 6.50. The molecule has 3 heteroatoms. The Bertz CT molecular complexity index is 235. The van der Waals surface area contributed by atoms with Crippen LogP contribution in [0.5, 0.6) is 5.75 Å². The predicted octanol–water partition coefficient (Wildman–Crippen LogP) is 1.88. The first-order chi connectivity index (χ1) is 6.36. The van der Waals surface area contributed by atoms with Gasteiger partial charge >= 0.3 is 0 Å². The molecule has 0 heterocycles. The molecule has 0 amide bonds. The summed E-state index contributed by atoms with van der Waals surface area (Å²) in [6, 6.07) is 7.51. The van der Waals surface area contributed by atoms with Crippen LogP contribution in [0.1, 0.15) is 12.0 Å². The molecule has 1 aromatic rings. The van der Waals surface area contributed by atoms with E-state index in [9.17, 15) is 4.39 Å².